The van der Waals surface area contributed by atoms with Crippen LogP contribution >= 0.6 is 0 Å². The van der Waals surface area contributed by atoms with Gasteiger partial charge in [-0.2, -0.15) is 0 Å². The summed E-state index contributed by atoms with van der Waals surface area (Å²) in [6.07, 6.45) is 3.25. The van der Waals surface area contributed by atoms with Crippen molar-refractivity contribution < 1.29 is 4.79 Å². The molecule has 38 heavy (non-hydrogen) atoms. The van der Waals surface area contributed by atoms with E-state index in [1.165, 1.54) is 0 Å². The number of anilines is 3. The molecule has 2 amide bonds. The van der Waals surface area contributed by atoms with E-state index in [1.807, 2.05) is 30.3 Å². The Morgan fingerprint density at radius 3 is 2.26 bits per heavy atom. The van der Waals surface area contributed by atoms with Crippen LogP contribution in [0.15, 0.2) is 65.6 Å². The third-order valence-corrected chi connectivity index (χ3v) is 6.82. The number of urea groups is 1. The molecule has 4 N–H and O–H groups in total. The lowest BCUT2D eigenvalue weighted by Crippen LogP contribution is -2.40. The average Bonchev–Trinajstić information content (AvgIpc) is 2.89. The number of nitrogen functional groups attached to an aromatic ring is 1. The van der Waals surface area contributed by atoms with Crippen molar-refractivity contribution in [2.75, 3.05) is 22.5 Å². The van der Waals surface area contributed by atoms with Gasteiger partial charge in [-0.15, -0.1) is 0 Å². The largest absolute Gasteiger partial charge is 0.399 e. The number of unbranched alkanes of at least 4 members (excludes halogenated alkanes) is 1. The quantitative estimate of drug-likeness (QED) is 0.217. The lowest BCUT2D eigenvalue weighted by Gasteiger charge is -2.27. The van der Waals surface area contributed by atoms with E-state index in [1.54, 1.807) is 23.2 Å². The molecule has 0 aliphatic carbocycles. The molecule has 0 fully saturated rings. The van der Waals surface area contributed by atoms with Gasteiger partial charge in [0.2, 0.25) is 0 Å². The number of nitrogens with zero attached hydrogens (tertiary/aromatic N) is 2. The number of H-pyrrole nitrogens is 1. The van der Waals surface area contributed by atoms with Gasteiger partial charge >= 0.3 is 6.03 Å². The number of nitrogens with two attached hydrogens (primary N) is 1. The third-order valence-electron chi connectivity index (χ3n) is 6.82. The molecule has 0 radical (unpaired) electrons. The summed E-state index contributed by atoms with van der Waals surface area (Å²) in [6, 6.07) is 16.9. The number of amides is 2. The predicted octanol–water partition coefficient (Wildman–Crippen LogP) is 7.26. The molecule has 7 heteroatoms. The SMILES string of the molecule is CCCCN(C(=O)Nc1c(C(C)C)cccc1C(C)C)c1c(-c2ccc(N)cc2)c2cccnc2[nH]c1=O. The molecule has 4 aromatic rings. The summed E-state index contributed by atoms with van der Waals surface area (Å²) in [5.41, 5.74) is 11.4. The van der Waals surface area contributed by atoms with Crippen LogP contribution in [0.2, 0.25) is 0 Å². The molecule has 2 aromatic carbocycles. The number of nitrogens with one attached hydrogen (secondary N) is 2. The first-order valence-electron chi connectivity index (χ1n) is 13.3. The van der Waals surface area contributed by atoms with Gasteiger partial charge in [0, 0.05) is 35.1 Å². The Kier molecular flexibility index (Phi) is 8.15. The van der Waals surface area contributed by atoms with Crippen molar-refractivity contribution in [3.05, 3.63) is 82.3 Å². The fraction of sp³-hybridized carbons (Fsp3) is 0.323. The van der Waals surface area contributed by atoms with Gasteiger partial charge in [-0.05, 0) is 59.2 Å². The molecule has 0 bridgehead atoms. The van der Waals surface area contributed by atoms with Crippen molar-refractivity contribution in [2.45, 2.75) is 59.3 Å². The van der Waals surface area contributed by atoms with Gasteiger partial charge in [-0.3, -0.25) is 9.69 Å². The number of aromatic amines is 1. The molecular formula is C31H37N5O2. The number of carbonyl (C=O) groups is 1. The summed E-state index contributed by atoms with van der Waals surface area (Å²) in [5.74, 6) is 0.433. The first-order chi connectivity index (χ1) is 18.2. The molecule has 4 rings (SSSR count). The van der Waals surface area contributed by atoms with Gasteiger partial charge in [0.25, 0.3) is 5.56 Å². The molecule has 0 aliphatic heterocycles. The molecule has 0 saturated carbocycles. The standard InChI is InChI=1S/C31H37N5O2/c1-6-7-18-36(31(38)34-27-23(19(2)3)10-8-11-24(27)20(4)5)28-26(21-13-15-22(32)16-14-21)25-12-9-17-33-29(25)35-30(28)37/h8-17,19-20H,6-7,18,32H2,1-5H3,(H,34,38)(H,33,35,37). The summed E-state index contributed by atoms with van der Waals surface area (Å²) in [7, 11) is 0. The Balaban J connectivity index is 1.93. The number of aromatic nitrogens is 2. The number of fused-ring (bicyclic) bond motifs is 1. The Bertz CT molecular complexity index is 1460. The maximum atomic E-state index is 14.1. The number of para-hydroxylation sites is 1. The topological polar surface area (TPSA) is 104 Å². The number of rotatable bonds is 8. The molecule has 0 spiro atoms. The van der Waals surface area contributed by atoms with Crippen LogP contribution in [-0.2, 0) is 0 Å². The summed E-state index contributed by atoms with van der Waals surface area (Å²) in [5, 5.41) is 3.97. The van der Waals surface area contributed by atoms with Crippen molar-refractivity contribution in [3.8, 4) is 11.1 Å². The number of carbonyl (C=O) groups excluding carboxylic acids is 1. The fourth-order valence-corrected chi connectivity index (χ4v) is 4.81. The van der Waals surface area contributed by atoms with Crippen molar-refractivity contribution in [1.82, 2.24) is 9.97 Å². The Morgan fingerprint density at radius 1 is 1.00 bits per heavy atom. The minimum atomic E-state index is -0.365. The Morgan fingerprint density at radius 2 is 1.66 bits per heavy atom. The second kappa shape index (κ2) is 11.5. The highest BCUT2D eigenvalue weighted by Gasteiger charge is 2.27. The number of pyridine rings is 2. The lowest BCUT2D eigenvalue weighted by molar-refractivity contribution is 0.256. The zero-order valence-electron chi connectivity index (χ0n) is 22.8. The Labute approximate surface area is 224 Å². The zero-order chi connectivity index (χ0) is 27.4. The second-order valence-electron chi connectivity index (χ2n) is 10.3. The Hall–Kier alpha value is -4.13. The predicted molar refractivity (Wildman–Crippen MR) is 158 cm³/mol. The summed E-state index contributed by atoms with van der Waals surface area (Å²) >= 11 is 0. The van der Waals surface area contributed by atoms with E-state index in [4.69, 9.17) is 5.73 Å². The molecule has 0 atom stereocenters. The van der Waals surface area contributed by atoms with Gasteiger partial charge in [0.1, 0.15) is 11.3 Å². The first kappa shape index (κ1) is 26.9. The summed E-state index contributed by atoms with van der Waals surface area (Å²) in [6.45, 7) is 10.9. The summed E-state index contributed by atoms with van der Waals surface area (Å²) in [4.78, 5) is 36.7. The highest BCUT2D eigenvalue weighted by Crippen LogP contribution is 2.36. The van der Waals surface area contributed by atoms with Crippen LogP contribution in [0.4, 0.5) is 21.9 Å². The number of hydrogen-bond donors (Lipinski definition) is 3. The minimum absolute atomic E-state index is 0.216. The smallest absolute Gasteiger partial charge is 0.326 e. The minimum Gasteiger partial charge on any atom is -0.399 e. The molecule has 7 nitrogen and oxygen atoms in total. The maximum absolute atomic E-state index is 14.1. The molecule has 0 unspecified atom stereocenters. The third kappa shape index (κ3) is 5.42. The molecule has 2 aromatic heterocycles. The van der Waals surface area contributed by atoms with Crippen molar-refractivity contribution in [2.24, 2.45) is 0 Å². The van der Waals surface area contributed by atoms with E-state index in [0.717, 1.165) is 40.6 Å². The first-order valence-corrected chi connectivity index (χ1v) is 13.3. The van der Waals surface area contributed by atoms with E-state index < -0.39 is 0 Å². The summed E-state index contributed by atoms with van der Waals surface area (Å²) < 4.78 is 0. The van der Waals surface area contributed by atoms with E-state index >= 15 is 0 Å². The average molecular weight is 512 g/mol. The van der Waals surface area contributed by atoms with Crippen LogP contribution in [-0.4, -0.2) is 22.5 Å². The van der Waals surface area contributed by atoms with E-state index in [2.05, 4.69) is 62.0 Å². The van der Waals surface area contributed by atoms with E-state index in [-0.39, 0.29) is 23.4 Å². The van der Waals surface area contributed by atoms with Crippen LogP contribution in [0.25, 0.3) is 22.2 Å². The van der Waals surface area contributed by atoms with Crippen LogP contribution in [0.5, 0.6) is 0 Å². The van der Waals surface area contributed by atoms with E-state index in [0.29, 0.717) is 29.1 Å². The monoisotopic (exact) mass is 511 g/mol. The van der Waals surface area contributed by atoms with Gasteiger partial charge in [0.15, 0.2) is 0 Å². The molecule has 0 saturated heterocycles. The molecule has 2 heterocycles. The van der Waals surface area contributed by atoms with Crippen molar-refractivity contribution >= 4 is 34.1 Å². The van der Waals surface area contributed by atoms with Crippen LogP contribution in [0.3, 0.4) is 0 Å². The van der Waals surface area contributed by atoms with Gasteiger partial charge in [-0.25, -0.2) is 9.78 Å². The highest BCUT2D eigenvalue weighted by molar-refractivity contribution is 6.09. The normalized spacial score (nSPS) is 11.3. The molecule has 198 valence electrons. The maximum Gasteiger partial charge on any atom is 0.326 e. The van der Waals surface area contributed by atoms with Gasteiger partial charge in [-0.1, -0.05) is 71.4 Å². The molecule has 0 aliphatic rings. The number of benzene rings is 2. The second-order valence-corrected chi connectivity index (χ2v) is 10.3. The molecular weight excluding hydrogens is 474 g/mol. The zero-order valence-corrected chi connectivity index (χ0v) is 22.8. The van der Waals surface area contributed by atoms with Crippen LogP contribution in [0.1, 0.15) is 70.4 Å². The fourth-order valence-electron chi connectivity index (χ4n) is 4.81. The highest BCUT2D eigenvalue weighted by atomic mass is 16.2. The van der Waals surface area contributed by atoms with Gasteiger partial charge in [0.05, 0.1) is 0 Å². The van der Waals surface area contributed by atoms with Crippen LogP contribution < -0.4 is 21.5 Å². The van der Waals surface area contributed by atoms with Gasteiger partial charge < -0.3 is 16.0 Å². The van der Waals surface area contributed by atoms with Crippen molar-refractivity contribution in [1.29, 1.82) is 0 Å². The number of hydrogen-bond acceptors (Lipinski definition) is 4. The van der Waals surface area contributed by atoms with E-state index in [9.17, 15) is 9.59 Å². The lowest BCUT2D eigenvalue weighted by atomic mass is 9.92. The van der Waals surface area contributed by atoms with Crippen molar-refractivity contribution in [3.63, 3.8) is 0 Å². The van der Waals surface area contributed by atoms with Crippen LogP contribution in [0, 0.1) is 0 Å².